The molecule has 0 aliphatic carbocycles. The molecule has 1 aromatic heterocycles. The molecular weight excluding hydrogens is 364 g/mol. The zero-order chi connectivity index (χ0) is 19.9. The van der Waals surface area contributed by atoms with Gasteiger partial charge in [0.25, 0.3) is 0 Å². The summed E-state index contributed by atoms with van der Waals surface area (Å²) < 4.78 is 17.3. The molecule has 1 aliphatic rings. The maximum Gasteiger partial charge on any atom is 0.158 e. The zero-order valence-corrected chi connectivity index (χ0v) is 16.8. The topological polar surface area (TPSA) is 52.6 Å². The van der Waals surface area contributed by atoms with Crippen molar-refractivity contribution in [2.24, 2.45) is 0 Å². The molecule has 1 fully saturated rings. The van der Waals surface area contributed by atoms with Crippen LogP contribution in [0, 0.1) is 0 Å². The van der Waals surface area contributed by atoms with Crippen LogP contribution in [0.25, 0.3) is 10.9 Å². The van der Waals surface area contributed by atoms with Crippen molar-refractivity contribution in [1.29, 1.82) is 0 Å². The molecule has 0 atom stereocenters. The summed E-state index contributed by atoms with van der Waals surface area (Å²) in [6.45, 7) is 2.30. The molecule has 1 aliphatic heterocycles. The predicted octanol–water partition coefficient (Wildman–Crippen LogP) is 3.75. The van der Waals surface area contributed by atoms with Crippen molar-refractivity contribution in [3.8, 4) is 5.75 Å². The fourth-order valence-electron chi connectivity index (χ4n) is 3.69. The Bertz CT molecular complexity index is 908. The minimum Gasteiger partial charge on any atom is -0.497 e. The maximum absolute atomic E-state index is 5.95. The molecule has 1 N–H and O–H groups in total. The van der Waals surface area contributed by atoms with E-state index in [2.05, 4.69) is 40.6 Å². The van der Waals surface area contributed by atoms with Gasteiger partial charge in [0.05, 0.1) is 31.9 Å². The molecule has 5 nitrogen and oxygen atoms in total. The second-order valence-electron chi connectivity index (χ2n) is 7.37. The van der Waals surface area contributed by atoms with Gasteiger partial charge in [0, 0.05) is 18.0 Å². The highest BCUT2D eigenvalue weighted by molar-refractivity contribution is 5.83. The lowest BCUT2D eigenvalue weighted by atomic mass is 10.0. The number of rotatable bonds is 8. The smallest absolute Gasteiger partial charge is 0.158 e. The fraction of sp³-hybridized carbons (Fsp3) is 0.375. The van der Waals surface area contributed by atoms with Crippen LogP contribution in [0.5, 0.6) is 5.75 Å². The van der Waals surface area contributed by atoms with Gasteiger partial charge in [-0.25, -0.2) is 0 Å². The van der Waals surface area contributed by atoms with E-state index in [9.17, 15) is 0 Å². The lowest BCUT2D eigenvalue weighted by molar-refractivity contribution is -0.191. The average molecular weight is 392 g/mol. The summed E-state index contributed by atoms with van der Waals surface area (Å²) in [6, 6.07) is 18.8. The third-order valence-electron chi connectivity index (χ3n) is 5.34. The SMILES string of the molecule is COc1ccc2nccc(CC[C@H]3OC[C@H](NCCc4ccccc4)CO3)c2c1. The van der Waals surface area contributed by atoms with E-state index in [1.54, 1.807) is 7.11 Å². The number of methoxy groups -OCH3 is 1. The van der Waals surface area contributed by atoms with Crippen molar-refractivity contribution >= 4 is 10.9 Å². The molecule has 4 rings (SSSR count). The summed E-state index contributed by atoms with van der Waals surface area (Å²) in [6.07, 6.45) is 4.42. The maximum atomic E-state index is 5.95. The van der Waals surface area contributed by atoms with Gasteiger partial charge in [0.15, 0.2) is 6.29 Å². The second-order valence-corrected chi connectivity index (χ2v) is 7.37. The summed E-state index contributed by atoms with van der Waals surface area (Å²) in [7, 11) is 1.69. The van der Waals surface area contributed by atoms with Crippen LogP contribution in [0.15, 0.2) is 60.8 Å². The molecule has 29 heavy (non-hydrogen) atoms. The largest absolute Gasteiger partial charge is 0.497 e. The molecule has 152 valence electrons. The Labute approximate surface area is 172 Å². The average Bonchev–Trinajstić information content (AvgIpc) is 2.79. The molecule has 0 spiro atoms. The van der Waals surface area contributed by atoms with Gasteiger partial charge >= 0.3 is 0 Å². The first-order valence-electron chi connectivity index (χ1n) is 10.2. The van der Waals surface area contributed by atoms with Crippen LogP contribution in [0.2, 0.25) is 0 Å². The summed E-state index contributed by atoms with van der Waals surface area (Å²) in [5, 5.41) is 4.66. The summed E-state index contributed by atoms with van der Waals surface area (Å²) in [4.78, 5) is 4.45. The highest BCUT2D eigenvalue weighted by atomic mass is 16.7. The molecule has 0 saturated carbocycles. The Kier molecular flexibility index (Phi) is 6.72. The van der Waals surface area contributed by atoms with E-state index in [0.717, 1.165) is 42.5 Å². The molecule has 0 unspecified atom stereocenters. The van der Waals surface area contributed by atoms with E-state index in [1.165, 1.54) is 11.1 Å². The number of aromatic nitrogens is 1. The number of aryl methyl sites for hydroxylation is 1. The van der Waals surface area contributed by atoms with Crippen LogP contribution < -0.4 is 10.1 Å². The third-order valence-corrected chi connectivity index (χ3v) is 5.34. The van der Waals surface area contributed by atoms with E-state index in [1.807, 2.05) is 30.5 Å². The van der Waals surface area contributed by atoms with Gasteiger partial charge < -0.3 is 19.5 Å². The van der Waals surface area contributed by atoms with E-state index in [-0.39, 0.29) is 12.3 Å². The lowest BCUT2D eigenvalue weighted by Crippen LogP contribution is -2.45. The van der Waals surface area contributed by atoms with Crippen LogP contribution >= 0.6 is 0 Å². The van der Waals surface area contributed by atoms with Gasteiger partial charge in [0.2, 0.25) is 0 Å². The van der Waals surface area contributed by atoms with E-state index >= 15 is 0 Å². The number of benzene rings is 2. The van der Waals surface area contributed by atoms with Crippen LogP contribution in [-0.4, -0.2) is 44.2 Å². The highest BCUT2D eigenvalue weighted by Gasteiger charge is 2.21. The highest BCUT2D eigenvalue weighted by Crippen LogP contribution is 2.24. The molecule has 0 bridgehead atoms. The van der Waals surface area contributed by atoms with Gasteiger partial charge in [-0.05, 0) is 54.8 Å². The van der Waals surface area contributed by atoms with Crippen LogP contribution in [0.1, 0.15) is 17.5 Å². The Hall–Kier alpha value is -2.47. The molecular formula is C24H28N2O3. The standard InChI is InChI=1S/C24H28N2O3/c1-27-21-8-9-23-22(15-21)19(12-14-26-23)7-10-24-28-16-20(17-29-24)25-13-11-18-5-3-2-4-6-18/h2-6,8-9,12,14-15,20,24-25H,7,10-11,13,16-17H2,1H3/t20-,24-. The summed E-state index contributed by atoms with van der Waals surface area (Å²) >= 11 is 0. The molecule has 5 heteroatoms. The first-order valence-corrected chi connectivity index (χ1v) is 10.2. The first kappa shape index (κ1) is 19.8. The van der Waals surface area contributed by atoms with Gasteiger partial charge in [-0.1, -0.05) is 30.3 Å². The summed E-state index contributed by atoms with van der Waals surface area (Å²) in [5.41, 5.74) is 3.57. The number of fused-ring (bicyclic) bond motifs is 1. The molecule has 2 aromatic carbocycles. The first-order chi connectivity index (χ1) is 14.3. The Morgan fingerprint density at radius 2 is 1.86 bits per heavy atom. The van der Waals surface area contributed by atoms with Gasteiger partial charge in [-0.2, -0.15) is 0 Å². The van der Waals surface area contributed by atoms with Gasteiger partial charge in [-0.3, -0.25) is 4.98 Å². The predicted molar refractivity (Wildman–Crippen MR) is 114 cm³/mol. The minimum atomic E-state index is -0.156. The van der Waals surface area contributed by atoms with Crippen molar-refractivity contribution in [3.63, 3.8) is 0 Å². The Morgan fingerprint density at radius 3 is 2.66 bits per heavy atom. The summed E-state index contributed by atoms with van der Waals surface area (Å²) in [5.74, 6) is 0.848. The van der Waals surface area contributed by atoms with Crippen molar-refractivity contribution < 1.29 is 14.2 Å². The number of ether oxygens (including phenoxy) is 3. The van der Waals surface area contributed by atoms with Crippen molar-refractivity contribution in [2.75, 3.05) is 26.9 Å². The Morgan fingerprint density at radius 1 is 1.03 bits per heavy atom. The fourth-order valence-corrected chi connectivity index (χ4v) is 3.69. The van der Waals surface area contributed by atoms with Gasteiger partial charge in [-0.15, -0.1) is 0 Å². The number of pyridine rings is 1. The monoisotopic (exact) mass is 392 g/mol. The van der Waals surface area contributed by atoms with E-state index in [4.69, 9.17) is 14.2 Å². The second kappa shape index (κ2) is 9.83. The molecule has 0 amide bonds. The molecule has 1 saturated heterocycles. The Balaban J connectivity index is 1.23. The van der Waals surface area contributed by atoms with E-state index in [0.29, 0.717) is 13.2 Å². The van der Waals surface area contributed by atoms with Crippen LogP contribution in [-0.2, 0) is 22.3 Å². The van der Waals surface area contributed by atoms with Crippen molar-refractivity contribution in [1.82, 2.24) is 10.3 Å². The quantitative estimate of drug-likeness (QED) is 0.633. The molecule has 2 heterocycles. The van der Waals surface area contributed by atoms with Gasteiger partial charge in [0.1, 0.15) is 5.75 Å². The number of nitrogens with one attached hydrogen (secondary N) is 1. The lowest BCUT2D eigenvalue weighted by Gasteiger charge is -2.30. The van der Waals surface area contributed by atoms with E-state index < -0.39 is 0 Å². The number of hydrogen-bond acceptors (Lipinski definition) is 5. The minimum absolute atomic E-state index is 0.156. The van der Waals surface area contributed by atoms with Crippen LogP contribution in [0.3, 0.4) is 0 Å². The van der Waals surface area contributed by atoms with Crippen molar-refractivity contribution in [3.05, 3.63) is 71.9 Å². The molecule has 3 aromatic rings. The van der Waals surface area contributed by atoms with Crippen molar-refractivity contribution in [2.45, 2.75) is 31.6 Å². The third kappa shape index (κ3) is 5.32. The number of nitrogens with zero attached hydrogens (tertiary/aromatic N) is 1. The number of hydrogen-bond donors (Lipinski definition) is 1. The zero-order valence-electron chi connectivity index (χ0n) is 16.8. The normalized spacial score (nSPS) is 19.3. The van der Waals surface area contributed by atoms with Crippen LogP contribution in [0.4, 0.5) is 0 Å². The molecule has 0 radical (unpaired) electrons.